The number of alkyl halides is 2. The summed E-state index contributed by atoms with van der Waals surface area (Å²) in [5.41, 5.74) is -1.48. The van der Waals surface area contributed by atoms with Crippen molar-refractivity contribution in [3.63, 3.8) is 0 Å². The molecule has 2 atom stereocenters. The van der Waals surface area contributed by atoms with Gasteiger partial charge >= 0.3 is 27.3 Å². The van der Waals surface area contributed by atoms with E-state index in [1.165, 1.54) is 6.92 Å². The Balaban J connectivity index is 1.79. The predicted molar refractivity (Wildman–Crippen MR) is 88.2 cm³/mol. The Labute approximate surface area is 155 Å². The van der Waals surface area contributed by atoms with Gasteiger partial charge in [0.2, 0.25) is 0 Å². The van der Waals surface area contributed by atoms with E-state index >= 15 is 0 Å². The maximum atomic E-state index is 13.7. The topological polar surface area (TPSA) is 107 Å². The number of carbonyl (C=O) groups excluding carboxylic acids is 2. The van der Waals surface area contributed by atoms with E-state index in [9.17, 15) is 26.8 Å². The average molecular weight is 408 g/mol. The van der Waals surface area contributed by atoms with E-state index in [1.807, 2.05) is 0 Å². The molecule has 152 valence electrons. The zero-order valence-corrected chi connectivity index (χ0v) is 15.7. The first-order valence-corrected chi connectivity index (χ1v) is 10.1. The van der Waals surface area contributed by atoms with Crippen molar-refractivity contribution >= 4 is 22.1 Å². The molecule has 0 aromatic heterocycles. The second-order valence-electron chi connectivity index (χ2n) is 8.38. The Morgan fingerprint density at radius 1 is 1.22 bits per heavy atom. The lowest BCUT2D eigenvalue weighted by molar-refractivity contribution is -0.220. The maximum Gasteiger partial charge on any atom is 0.465 e. The van der Waals surface area contributed by atoms with Gasteiger partial charge in [0.1, 0.15) is 5.60 Å². The summed E-state index contributed by atoms with van der Waals surface area (Å²) in [6.45, 7) is 5.10. The molecule has 4 rings (SSSR count). The van der Waals surface area contributed by atoms with Crippen molar-refractivity contribution in [2.45, 2.75) is 56.3 Å². The van der Waals surface area contributed by atoms with E-state index in [2.05, 4.69) is 6.58 Å². The van der Waals surface area contributed by atoms with Crippen LogP contribution in [-0.2, 0) is 29.2 Å². The van der Waals surface area contributed by atoms with Gasteiger partial charge in [0.05, 0.1) is 6.61 Å². The summed E-state index contributed by atoms with van der Waals surface area (Å²) in [5, 5.41) is -5.02. The Morgan fingerprint density at radius 2 is 1.78 bits per heavy atom. The number of esters is 2. The van der Waals surface area contributed by atoms with Gasteiger partial charge in [-0.15, -0.1) is 0 Å². The van der Waals surface area contributed by atoms with Crippen molar-refractivity contribution in [3.05, 3.63) is 12.2 Å². The Bertz CT molecular complexity index is 775. The van der Waals surface area contributed by atoms with Gasteiger partial charge in [-0.1, -0.05) is 6.58 Å². The van der Waals surface area contributed by atoms with Gasteiger partial charge < -0.3 is 9.47 Å². The molecule has 7 nitrogen and oxygen atoms in total. The highest BCUT2D eigenvalue weighted by molar-refractivity contribution is 7.87. The Kier molecular flexibility index (Phi) is 4.66. The van der Waals surface area contributed by atoms with Crippen LogP contribution in [0.3, 0.4) is 0 Å². The molecule has 0 aromatic carbocycles. The van der Waals surface area contributed by atoms with Gasteiger partial charge in [0, 0.05) is 11.0 Å². The van der Waals surface area contributed by atoms with Crippen molar-refractivity contribution in [2.75, 3.05) is 6.61 Å². The molecule has 0 spiro atoms. The fraction of sp³-hybridized carbons (Fsp3) is 0.765. The Hall–Kier alpha value is -1.55. The quantitative estimate of drug-likeness (QED) is 0.409. The minimum absolute atomic E-state index is 0.0691. The highest BCUT2D eigenvalue weighted by Crippen LogP contribution is 2.63. The van der Waals surface area contributed by atoms with Gasteiger partial charge in [-0.2, -0.15) is 17.2 Å². The van der Waals surface area contributed by atoms with Crippen LogP contribution in [0.4, 0.5) is 8.78 Å². The number of hydrogen-bond acceptors (Lipinski definition) is 6. The number of carbonyl (C=O) groups is 2. The standard InChI is InChI=1S/C17H22F2O7S/c1-10(2)13(20)25-9-15-4-11-3-12(5-15)7-16(6-11,8-15)26-14(21)17(18,19)27(22,23)24/h11-12H,1,3-9H2,2H3,(H,22,23,24). The molecular weight excluding hydrogens is 386 g/mol. The minimum Gasteiger partial charge on any atom is -0.462 e. The lowest BCUT2D eigenvalue weighted by Gasteiger charge is -2.60. The molecule has 4 saturated carbocycles. The third-order valence-corrected chi connectivity index (χ3v) is 6.67. The van der Waals surface area contributed by atoms with Gasteiger partial charge in [-0.3, -0.25) is 4.55 Å². The Morgan fingerprint density at radius 3 is 2.26 bits per heavy atom. The molecule has 27 heavy (non-hydrogen) atoms. The van der Waals surface area contributed by atoms with Crippen LogP contribution in [0, 0.1) is 17.3 Å². The van der Waals surface area contributed by atoms with Crippen molar-refractivity contribution in [3.8, 4) is 0 Å². The average Bonchev–Trinajstić information content (AvgIpc) is 2.49. The zero-order chi connectivity index (χ0) is 20.3. The second kappa shape index (κ2) is 6.23. The van der Waals surface area contributed by atoms with Crippen molar-refractivity contribution in [1.29, 1.82) is 0 Å². The van der Waals surface area contributed by atoms with E-state index in [0.717, 1.165) is 19.3 Å². The molecule has 2 unspecified atom stereocenters. The smallest absolute Gasteiger partial charge is 0.462 e. The first-order chi connectivity index (χ1) is 12.3. The monoisotopic (exact) mass is 408 g/mol. The van der Waals surface area contributed by atoms with E-state index in [4.69, 9.17) is 14.0 Å². The van der Waals surface area contributed by atoms with Crippen LogP contribution in [0.2, 0.25) is 0 Å². The molecule has 0 aromatic rings. The zero-order valence-electron chi connectivity index (χ0n) is 14.9. The van der Waals surface area contributed by atoms with Crippen molar-refractivity contribution in [2.24, 2.45) is 17.3 Å². The predicted octanol–water partition coefficient (Wildman–Crippen LogP) is 2.47. The normalized spacial score (nSPS) is 35.0. The molecule has 0 heterocycles. The van der Waals surface area contributed by atoms with Crippen LogP contribution in [0.5, 0.6) is 0 Å². The lowest BCUT2D eigenvalue weighted by atomic mass is 9.48. The number of ether oxygens (including phenoxy) is 2. The fourth-order valence-electron chi connectivity index (χ4n) is 5.36. The van der Waals surface area contributed by atoms with Gasteiger partial charge in [-0.05, 0) is 57.3 Å². The summed E-state index contributed by atoms with van der Waals surface area (Å²) in [4.78, 5) is 23.6. The third-order valence-electron chi connectivity index (χ3n) is 5.86. The summed E-state index contributed by atoms with van der Waals surface area (Å²) in [6, 6.07) is 0. The summed E-state index contributed by atoms with van der Waals surface area (Å²) in [7, 11) is -5.92. The first kappa shape index (κ1) is 20.2. The SMILES string of the molecule is C=C(C)C(=O)OCC12CC3CC(C1)CC(OC(=O)C(F)(F)S(=O)(=O)O)(C3)C2. The van der Waals surface area contributed by atoms with Crippen molar-refractivity contribution < 1.29 is 40.8 Å². The number of hydrogen-bond donors (Lipinski definition) is 1. The van der Waals surface area contributed by atoms with Crippen LogP contribution in [0.1, 0.15) is 45.4 Å². The number of rotatable bonds is 6. The molecule has 4 aliphatic rings. The molecule has 1 N–H and O–H groups in total. The van der Waals surface area contributed by atoms with E-state index < -0.39 is 38.3 Å². The molecular formula is C17H22F2O7S. The molecule has 0 saturated heterocycles. The van der Waals surface area contributed by atoms with Crippen LogP contribution >= 0.6 is 0 Å². The third kappa shape index (κ3) is 3.61. The van der Waals surface area contributed by atoms with E-state index in [-0.39, 0.29) is 30.4 Å². The van der Waals surface area contributed by atoms with Crippen LogP contribution in [0.25, 0.3) is 0 Å². The maximum absolute atomic E-state index is 13.7. The fourth-order valence-corrected chi connectivity index (χ4v) is 5.61. The molecule has 4 fully saturated rings. The van der Waals surface area contributed by atoms with E-state index in [1.54, 1.807) is 0 Å². The summed E-state index contributed by atoms with van der Waals surface area (Å²) in [6.07, 6.45) is 3.23. The van der Waals surface area contributed by atoms with Gasteiger partial charge in [-0.25, -0.2) is 9.59 Å². The highest BCUT2D eigenvalue weighted by Gasteiger charge is 2.63. The first-order valence-electron chi connectivity index (χ1n) is 8.69. The van der Waals surface area contributed by atoms with Crippen LogP contribution < -0.4 is 0 Å². The van der Waals surface area contributed by atoms with Gasteiger partial charge in [0.15, 0.2) is 0 Å². The molecule has 0 aliphatic heterocycles. The lowest BCUT2D eigenvalue weighted by Crippen LogP contribution is -2.60. The number of halogens is 2. The molecule has 4 aliphatic carbocycles. The van der Waals surface area contributed by atoms with Crippen molar-refractivity contribution in [1.82, 2.24) is 0 Å². The summed E-state index contributed by atoms with van der Waals surface area (Å²) >= 11 is 0. The molecule has 0 radical (unpaired) electrons. The molecule has 10 heteroatoms. The largest absolute Gasteiger partial charge is 0.465 e. The second-order valence-corrected chi connectivity index (χ2v) is 9.84. The minimum atomic E-state index is -5.92. The highest BCUT2D eigenvalue weighted by atomic mass is 32.2. The molecule has 0 amide bonds. The van der Waals surface area contributed by atoms with Crippen LogP contribution in [-0.4, -0.2) is 42.4 Å². The van der Waals surface area contributed by atoms with Gasteiger partial charge in [0.25, 0.3) is 0 Å². The molecule has 4 bridgehead atoms. The summed E-state index contributed by atoms with van der Waals surface area (Å²) < 4.78 is 67.9. The van der Waals surface area contributed by atoms with E-state index in [0.29, 0.717) is 12.8 Å². The summed E-state index contributed by atoms with van der Waals surface area (Å²) in [5.74, 6) is -2.58. The van der Waals surface area contributed by atoms with Crippen LogP contribution in [0.15, 0.2) is 12.2 Å².